The normalized spacial score (nSPS) is 14.4. The lowest BCUT2D eigenvalue weighted by atomic mass is 9.74. The highest BCUT2D eigenvalue weighted by molar-refractivity contribution is 6.02. The van der Waals surface area contributed by atoms with Gasteiger partial charge in [-0.15, -0.1) is 0 Å². The van der Waals surface area contributed by atoms with E-state index in [4.69, 9.17) is 18.9 Å². The van der Waals surface area contributed by atoms with Crippen molar-refractivity contribution in [3.63, 3.8) is 0 Å². The van der Waals surface area contributed by atoms with Gasteiger partial charge in [-0.2, -0.15) is 0 Å². The Balaban J connectivity index is 3.22. The van der Waals surface area contributed by atoms with Crippen LogP contribution in [0.25, 0.3) is 6.08 Å². The number of carbonyl (C=O) groups is 2. The van der Waals surface area contributed by atoms with Gasteiger partial charge >= 0.3 is 5.97 Å². The van der Waals surface area contributed by atoms with Gasteiger partial charge in [-0.25, -0.2) is 0 Å². The van der Waals surface area contributed by atoms with Crippen molar-refractivity contribution in [3.8, 4) is 17.2 Å². The molecule has 0 aliphatic rings. The minimum Gasteiger partial charge on any atom is -0.493 e. The third-order valence-corrected chi connectivity index (χ3v) is 4.61. The molecule has 0 unspecified atom stereocenters. The summed E-state index contributed by atoms with van der Waals surface area (Å²) in [4.78, 5) is 24.4. The summed E-state index contributed by atoms with van der Waals surface area (Å²) in [6, 6.07) is 3.58. The number of carbonyl (C=O) groups excluding carboxylic acids is 2. The first kappa shape index (κ1) is 21.5. The van der Waals surface area contributed by atoms with E-state index in [-0.39, 0.29) is 18.3 Å². The minimum atomic E-state index is -1.24. The molecular formula is C20H28O6. The molecule has 26 heavy (non-hydrogen) atoms. The van der Waals surface area contributed by atoms with Crippen LogP contribution in [0.2, 0.25) is 0 Å². The Morgan fingerprint density at radius 2 is 1.65 bits per heavy atom. The van der Waals surface area contributed by atoms with Gasteiger partial charge in [-0.1, -0.05) is 19.1 Å². The number of allylic oxidation sites excluding steroid dienone is 1. The van der Waals surface area contributed by atoms with Crippen LogP contribution in [0.4, 0.5) is 0 Å². The van der Waals surface area contributed by atoms with E-state index in [1.165, 1.54) is 14.0 Å². The Bertz CT molecular complexity index is 654. The van der Waals surface area contributed by atoms with E-state index < -0.39 is 11.4 Å². The summed E-state index contributed by atoms with van der Waals surface area (Å²) >= 11 is 0. The Labute approximate surface area is 155 Å². The molecule has 6 nitrogen and oxygen atoms in total. The van der Waals surface area contributed by atoms with Gasteiger partial charge < -0.3 is 18.9 Å². The maximum atomic E-state index is 12.3. The largest absolute Gasteiger partial charge is 0.493 e. The summed E-state index contributed by atoms with van der Waals surface area (Å²) in [7, 11) is 4.62. The summed E-state index contributed by atoms with van der Waals surface area (Å²) in [6.45, 7) is 6.77. The predicted octanol–water partition coefficient (Wildman–Crippen LogP) is 3.52. The van der Waals surface area contributed by atoms with E-state index in [9.17, 15) is 9.59 Å². The number of hydrogen-bond acceptors (Lipinski definition) is 6. The first-order valence-corrected chi connectivity index (χ1v) is 8.42. The smallest absolute Gasteiger partial charge is 0.319 e. The van der Waals surface area contributed by atoms with Crippen molar-refractivity contribution in [2.45, 2.75) is 27.7 Å². The van der Waals surface area contributed by atoms with Crippen LogP contribution in [0.15, 0.2) is 18.2 Å². The molecule has 1 rings (SSSR count). The summed E-state index contributed by atoms with van der Waals surface area (Å²) in [5, 5.41) is 0. The second-order valence-electron chi connectivity index (χ2n) is 6.09. The van der Waals surface area contributed by atoms with Crippen LogP contribution in [0.1, 0.15) is 33.3 Å². The van der Waals surface area contributed by atoms with Crippen molar-refractivity contribution in [2.24, 2.45) is 11.3 Å². The van der Waals surface area contributed by atoms with Crippen molar-refractivity contribution in [3.05, 3.63) is 23.8 Å². The van der Waals surface area contributed by atoms with Gasteiger partial charge in [0.15, 0.2) is 11.5 Å². The Hall–Kier alpha value is -2.50. The Morgan fingerprint density at radius 3 is 2.04 bits per heavy atom. The fourth-order valence-electron chi connectivity index (χ4n) is 2.58. The molecule has 0 aliphatic carbocycles. The van der Waals surface area contributed by atoms with Crippen LogP contribution in [0.3, 0.4) is 0 Å². The molecule has 0 saturated heterocycles. The number of esters is 1. The van der Waals surface area contributed by atoms with E-state index in [0.29, 0.717) is 17.2 Å². The number of ether oxygens (including phenoxy) is 4. The summed E-state index contributed by atoms with van der Waals surface area (Å²) in [5.74, 6) is 0.434. The molecule has 144 valence electrons. The van der Waals surface area contributed by atoms with E-state index in [2.05, 4.69) is 0 Å². The molecule has 0 radical (unpaired) electrons. The molecule has 0 N–H and O–H groups in total. The van der Waals surface area contributed by atoms with Gasteiger partial charge in [0.2, 0.25) is 5.75 Å². The lowest BCUT2D eigenvalue weighted by Crippen LogP contribution is -2.41. The zero-order valence-corrected chi connectivity index (χ0v) is 16.5. The average Bonchev–Trinajstić information content (AvgIpc) is 2.63. The molecule has 0 aromatic heterocycles. The van der Waals surface area contributed by atoms with E-state index in [1.54, 1.807) is 46.3 Å². The maximum absolute atomic E-state index is 12.3. The van der Waals surface area contributed by atoms with Crippen LogP contribution in [0, 0.1) is 11.3 Å². The highest BCUT2D eigenvalue weighted by Gasteiger charge is 2.43. The monoisotopic (exact) mass is 364 g/mol. The van der Waals surface area contributed by atoms with Gasteiger partial charge in [0, 0.05) is 0 Å². The van der Waals surface area contributed by atoms with Crippen LogP contribution < -0.4 is 14.2 Å². The van der Waals surface area contributed by atoms with E-state index in [1.807, 2.05) is 13.0 Å². The topological polar surface area (TPSA) is 71.1 Å². The number of methoxy groups -OCH3 is 3. The lowest BCUT2D eigenvalue weighted by Gasteiger charge is -2.28. The molecule has 0 aliphatic heterocycles. The summed E-state index contributed by atoms with van der Waals surface area (Å²) in [5.41, 5.74) is -0.450. The zero-order chi connectivity index (χ0) is 19.9. The highest BCUT2D eigenvalue weighted by atomic mass is 16.5. The second-order valence-corrected chi connectivity index (χ2v) is 6.09. The highest BCUT2D eigenvalue weighted by Crippen LogP contribution is 2.39. The Kier molecular flexibility index (Phi) is 7.68. The molecule has 0 fully saturated rings. The van der Waals surface area contributed by atoms with E-state index >= 15 is 0 Å². The summed E-state index contributed by atoms with van der Waals surface area (Å²) < 4.78 is 21.1. The quantitative estimate of drug-likeness (QED) is 0.493. The van der Waals surface area contributed by atoms with Gasteiger partial charge in [0.25, 0.3) is 0 Å². The molecule has 0 heterocycles. The van der Waals surface area contributed by atoms with Gasteiger partial charge in [-0.05, 0) is 44.4 Å². The van der Waals surface area contributed by atoms with Crippen molar-refractivity contribution < 1.29 is 28.5 Å². The molecule has 0 spiro atoms. The number of ketones is 1. The molecule has 6 heteroatoms. The number of rotatable bonds is 9. The SMILES string of the molecule is CCOC(=O)[C@](C)(C(C)=O)[C@H](C)/C=C/c1cc(OC)c(OC)c(OC)c1. The molecule has 1 aromatic rings. The molecule has 2 atom stereocenters. The zero-order valence-electron chi connectivity index (χ0n) is 16.5. The van der Waals surface area contributed by atoms with Gasteiger partial charge in [0.1, 0.15) is 11.2 Å². The standard InChI is InChI=1S/C20H28O6/c1-8-26-19(22)20(4,14(3)21)13(2)9-10-15-11-16(23-5)18(25-7)17(12-15)24-6/h9-13H,8H2,1-7H3/b10-9+/t13-,20+/m1/s1. The molecule has 0 saturated carbocycles. The second kappa shape index (κ2) is 9.27. The number of Topliss-reactive ketones (excluding diaryl/α,β-unsaturated/α-hetero) is 1. The molecule has 1 aromatic carbocycles. The minimum absolute atomic E-state index is 0.227. The lowest BCUT2D eigenvalue weighted by molar-refractivity contribution is -0.160. The number of benzene rings is 1. The number of hydrogen-bond donors (Lipinski definition) is 0. The molecule has 0 bridgehead atoms. The van der Waals surface area contributed by atoms with E-state index in [0.717, 1.165) is 5.56 Å². The van der Waals surface area contributed by atoms with Gasteiger partial charge in [-0.3, -0.25) is 9.59 Å². The summed E-state index contributed by atoms with van der Waals surface area (Å²) in [6.07, 6.45) is 3.62. The third-order valence-electron chi connectivity index (χ3n) is 4.61. The predicted molar refractivity (Wildman–Crippen MR) is 99.7 cm³/mol. The Morgan fingerprint density at radius 1 is 1.12 bits per heavy atom. The first-order valence-electron chi connectivity index (χ1n) is 8.42. The van der Waals surface area contributed by atoms with Crippen molar-refractivity contribution in [1.82, 2.24) is 0 Å². The average molecular weight is 364 g/mol. The van der Waals surface area contributed by atoms with Crippen LogP contribution in [-0.2, 0) is 14.3 Å². The van der Waals surface area contributed by atoms with Crippen LogP contribution >= 0.6 is 0 Å². The molecule has 0 amide bonds. The van der Waals surface area contributed by atoms with Crippen LogP contribution in [0.5, 0.6) is 17.2 Å². The van der Waals surface area contributed by atoms with Crippen molar-refractivity contribution in [1.29, 1.82) is 0 Å². The maximum Gasteiger partial charge on any atom is 0.319 e. The third kappa shape index (κ3) is 4.36. The van der Waals surface area contributed by atoms with Gasteiger partial charge in [0.05, 0.1) is 27.9 Å². The fraction of sp³-hybridized carbons (Fsp3) is 0.500. The van der Waals surface area contributed by atoms with Crippen molar-refractivity contribution >= 4 is 17.8 Å². The van der Waals surface area contributed by atoms with Crippen LogP contribution in [-0.4, -0.2) is 39.7 Å². The first-order chi connectivity index (χ1) is 12.3. The van der Waals surface area contributed by atoms with Crippen molar-refractivity contribution in [2.75, 3.05) is 27.9 Å². The fourth-order valence-corrected chi connectivity index (χ4v) is 2.58. The molecular weight excluding hydrogens is 336 g/mol.